The van der Waals surface area contributed by atoms with Crippen LogP contribution in [0.25, 0.3) is 0 Å². The Hall–Kier alpha value is 1.24. The van der Waals surface area contributed by atoms with E-state index in [2.05, 4.69) is 4.52 Å². The summed E-state index contributed by atoms with van der Waals surface area (Å²) in [6, 6.07) is 0. The van der Waals surface area contributed by atoms with Gasteiger partial charge in [-0.15, -0.1) is 0 Å². The SMILES string of the molecule is CN(CC(=O)OP(=O)(O)O)C(=N)N.[Cl-].[Cl-].[H-].[Mg+2].[Na+]. The van der Waals surface area contributed by atoms with Crippen molar-refractivity contribution in [2.45, 2.75) is 0 Å². The summed E-state index contributed by atoms with van der Waals surface area (Å²) in [4.78, 5) is 28.0. The van der Waals surface area contributed by atoms with E-state index in [0.29, 0.717) is 0 Å². The number of nitrogens with one attached hydrogen (secondary N) is 1. The smallest absolute Gasteiger partial charge is 1.00 e. The second kappa shape index (κ2) is 13.7. The summed E-state index contributed by atoms with van der Waals surface area (Å²) in [5.74, 6) is -1.55. The third-order valence-electron chi connectivity index (χ3n) is 0.998. The molecule has 0 amide bonds. The predicted molar refractivity (Wildman–Crippen MR) is 49.5 cm³/mol. The zero-order chi connectivity index (χ0) is 10.6. The minimum Gasteiger partial charge on any atom is -1.00 e. The fourth-order valence-corrected chi connectivity index (χ4v) is 0.763. The van der Waals surface area contributed by atoms with Gasteiger partial charge in [0.05, 0.1) is 0 Å². The number of guanidine groups is 1. The summed E-state index contributed by atoms with van der Waals surface area (Å²) in [6.07, 6.45) is 0. The molecule has 0 aliphatic heterocycles. The van der Waals surface area contributed by atoms with Crippen LogP contribution in [-0.2, 0) is 13.9 Å². The number of hydrogen-bond acceptors (Lipinski definition) is 4. The maximum Gasteiger partial charge on any atom is 2.00 e. The average Bonchev–Trinajstić information content (AvgIpc) is 1.81. The van der Waals surface area contributed by atoms with Crippen molar-refractivity contribution in [2.24, 2.45) is 5.73 Å². The molecular weight excluding hydrogens is 319 g/mol. The van der Waals surface area contributed by atoms with Gasteiger partial charge in [0, 0.05) is 7.05 Å². The first kappa shape index (κ1) is 30.9. The van der Waals surface area contributed by atoms with Gasteiger partial charge in [-0.05, 0) is 0 Å². The fourth-order valence-electron chi connectivity index (χ4n) is 0.440. The van der Waals surface area contributed by atoms with Crippen LogP contribution in [0.4, 0.5) is 0 Å². The number of rotatable bonds is 3. The first-order valence-corrected chi connectivity index (χ1v) is 4.58. The Morgan fingerprint density at radius 3 is 2.12 bits per heavy atom. The Kier molecular flexibility index (Phi) is 24.9. The van der Waals surface area contributed by atoms with Gasteiger partial charge in [-0.1, -0.05) is 0 Å². The van der Waals surface area contributed by atoms with Crippen molar-refractivity contribution >= 4 is 42.8 Å². The number of carbonyl (C=O) groups excluding carboxylic acids is 1. The molecule has 0 saturated carbocycles. The van der Waals surface area contributed by atoms with Crippen molar-refractivity contribution in [2.75, 3.05) is 13.6 Å². The molecule has 94 valence electrons. The zero-order valence-electron chi connectivity index (χ0n) is 10.3. The number of phosphoric acid groups is 1. The van der Waals surface area contributed by atoms with Gasteiger partial charge in [0.2, 0.25) is 0 Å². The zero-order valence-corrected chi connectivity index (χ0v) is 15.1. The van der Waals surface area contributed by atoms with Crippen LogP contribution >= 0.6 is 7.82 Å². The van der Waals surface area contributed by atoms with Crippen molar-refractivity contribution in [3.05, 3.63) is 0 Å². The number of nitrogens with zero attached hydrogens (tertiary/aromatic N) is 1. The third-order valence-corrected chi connectivity index (χ3v) is 1.44. The Morgan fingerprint density at radius 1 is 1.53 bits per heavy atom. The van der Waals surface area contributed by atoms with Crippen LogP contribution in [0.5, 0.6) is 0 Å². The van der Waals surface area contributed by atoms with E-state index in [4.69, 9.17) is 20.9 Å². The van der Waals surface area contributed by atoms with Gasteiger partial charge in [0.1, 0.15) is 6.54 Å². The number of hydrogen-bond donors (Lipinski definition) is 4. The number of carbonyl (C=O) groups is 1. The van der Waals surface area contributed by atoms with Crippen LogP contribution in [-0.4, -0.2) is 63.3 Å². The maximum atomic E-state index is 10.7. The summed E-state index contributed by atoms with van der Waals surface area (Å²) in [7, 11) is -3.49. The number of halogens is 2. The Labute approximate surface area is 151 Å². The van der Waals surface area contributed by atoms with E-state index in [1.54, 1.807) is 0 Å². The van der Waals surface area contributed by atoms with Gasteiger partial charge in [-0.3, -0.25) is 15.2 Å². The summed E-state index contributed by atoms with van der Waals surface area (Å²) in [6.45, 7) is -0.486. The molecule has 8 nitrogen and oxygen atoms in total. The van der Waals surface area contributed by atoms with E-state index in [0.717, 1.165) is 4.90 Å². The van der Waals surface area contributed by atoms with Crippen molar-refractivity contribution < 1.29 is 79.5 Å². The fraction of sp³-hybridized carbons (Fsp3) is 0.500. The largest absolute Gasteiger partial charge is 2.00 e. The molecule has 5 N–H and O–H groups in total. The van der Waals surface area contributed by atoms with E-state index in [9.17, 15) is 9.36 Å². The molecule has 0 aromatic heterocycles. The average molecular weight is 330 g/mol. The van der Waals surface area contributed by atoms with Crippen molar-refractivity contribution in [1.82, 2.24) is 4.90 Å². The van der Waals surface area contributed by atoms with E-state index >= 15 is 0 Å². The van der Waals surface area contributed by atoms with Gasteiger partial charge in [0.15, 0.2) is 5.96 Å². The molecule has 0 aromatic rings. The Morgan fingerprint density at radius 2 is 1.88 bits per heavy atom. The van der Waals surface area contributed by atoms with Gasteiger partial charge in [0.25, 0.3) is 0 Å². The molecule has 0 aliphatic rings. The molecule has 0 spiro atoms. The van der Waals surface area contributed by atoms with Gasteiger partial charge < -0.3 is 41.4 Å². The van der Waals surface area contributed by atoms with Crippen molar-refractivity contribution in [1.29, 1.82) is 5.41 Å². The van der Waals surface area contributed by atoms with Crippen LogP contribution < -0.4 is 60.1 Å². The predicted octanol–water partition coefficient (Wildman–Crippen LogP) is -10.8. The van der Waals surface area contributed by atoms with Crippen LogP contribution in [0.1, 0.15) is 1.43 Å². The molecule has 0 unspecified atom stereocenters. The molecule has 0 aliphatic carbocycles. The monoisotopic (exact) mass is 329 g/mol. The first-order chi connectivity index (χ1) is 5.72. The van der Waals surface area contributed by atoms with Crippen LogP contribution in [0.3, 0.4) is 0 Å². The minimum absolute atomic E-state index is 0. The molecule has 0 atom stereocenters. The molecule has 0 radical (unpaired) electrons. The molecule has 0 fully saturated rings. The third kappa shape index (κ3) is 19.7. The summed E-state index contributed by atoms with van der Waals surface area (Å²) in [5.41, 5.74) is 4.96. The van der Waals surface area contributed by atoms with Gasteiger partial charge in [-0.25, -0.2) is 9.36 Å². The molecule has 0 bridgehead atoms. The molecule has 13 heteroatoms. The van der Waals surface area contributed by atoms with E-state index < -0.39 is 26.3 Å². The standard InChI is InChI=1S/C4H10N3O5P.2ClH.Mg.Na.H/c1-7(4(5)6)2-3(8)12-13(9,10)11;;;;;/h2H2,1H3,(H3,5,6)(H2,9,10,11);2*1H;;;/q;;;+2;+1;-1/p-2. The molecule has 17 heavy (non-hydrogen) atoms. The topological polar surface area (TPSA) is 137 Å². The molecular formula is C4H11Cl2MgN3NaO5P. The Balaban J connectivity index is -0.0000000720. The summed E-state index contributed by atoms with van der Waals surface area (Å²) in [5, 5.41) is 6.83. The van der Waals surface area contributed by atoms with Crippen molar-refractivity contribution in [3.63, 3.8) is 0 Å². The van der Waals surface area contributed by atoms with Crippen LogP contribution in [0.2, 0.25) is 0 Å². The number of phosphoric ester groups is 1. The second-order valence-electron chi connectivity index (χ2n) is 2.20. The van der Waals surface area contributed by atoms with Crippen LogP contribution in [0.15, 0.2) is 0 Å². The van der Waals surface area contributed by atoms with Gasteiger partial charge in [-0.2, -0.15) is 0 Å². The van der Waals surface area contributed by atoms with E-state index in [1.165, 1.54) is 7.05 Å². The van der Waals surface area contributed by atoms with E-state index in [-0.39, 0.29) is 78.9 Å². The molecule has 0 saturated heterocycles. The maximum absolute atomic E-state index is 10.7. The van der Waals surface area contributed by atoms with Crippen LogP contribution in [0, 0.1) is 5.41 Å². The van der Waals surface area contributed by atoms with Crippen molar-refractivity contribution in [3.8, 4) is 0 Å². The Bertz CT molecular complexity index is 285. The summed E-state index contributed by atoms with van der Waals surface area (Å²) < 4.78 is 13.8. The number of nitrogens with two attached hydrogens (primary N) is 1. The number of likely N-dealkylation sites (N-methyl/N-ethyl adjacent to an activating group) is 1. The normalized spacial score (nSPS) is 8.18. The van der Waals surface area contributed by atoms with E-state index in [1.807, 2.05) is 0 Å². The first-order valence-electron chi connectivity index (χ1n) is 3.05. The minimum atomic E-state index is -4.80. The second-order valence-corrected chi connectivity index (χ2v) is 3.36. The molecule has 0 heterocycles. The van der Waals surface area contributed by atoms with Gasteiger partial charge >= 0.3 is 66.4 Å². The molecule has 0 aromatic carbocycles. The quantitative estimate of drug-likeness (QED) is 0.174. The molecule has 0 rings (SSSR count). The summed E-state index contributed by atoms with van der Waals surface area (Å²) >= 11 is 0.